The number of rotatable bonds is 22. The Bertz CT molecular complexity index is 2560. The highest BCUT2D eigenvalue weighted by Crippen LogP contribution is 2.27. The monoisotopic (exact) mass is 1360 g/mol. The zero-order chi connectivity index (χ0) is 73.4. The molecule has 0 aromatic carbocycles. The van der Waals surface area contributed by atoms with E-state index in [-0.39, 0.29) is 68.6 Å². The van der Waals surface area contributed by atoms with Crippen LogP contribution in [0.25, 0.3) is 0 Å². The van der Waals surface area contributed by atoms with Gasteiger partial charge in [-0.15, -0.1) is 0 Å². The molecule has 25 nitrogen and oxygen atoms in total. The normalized spacial score (nSPS) is 26.6. The lowest BCUT2D eigenvalue weighted by Gasteiger charge is -2.41. The maximum absolute atomic E-state index is 15.3. The van der Waals surface area contributed by atoms with E-state index < -0.39 is 167 Å². The largest absolute Gasteiger partial charge is 0.396 e. The Morgan fingerprint density at radius 3 is 1.49 bits per heavy atom. The molecule has 0 saturated carbocycles. The van der Waals surface area contributed by atoms with E-state index in [1.807, 2.05) is 41.5 Å². The smallest absolute Gasteiger partial charge is 0.246 e. The fraction of sp³-hybridized carbons (Fsp3) is 0.812. The maximum atomic E-state index is 15.3. The molecular formula is C69H125N11O14S. The number of thioether (sulfide) groups is 1. The van der Waals surface area contributed by atoms with Crippen molar-refractivity contribution in [1.29, 1.82) is 0 Å². The summed E-state index contributed by atoms with van der Waals surface area (Å²) in [6, 6.07) is -14.0. The van der Waals surface area contributed by atoms with Crippen LogP contribution >= 0.6 is 11.8 Å². The number of unbranched alkanes of at least 4 members (excludes halogenated alkanes) is 2. The van der Waals surface area contributed by atoms with Gasteiger partial charge in [-0.2, -0.15) is 11.8 Å². The molecule has 26 heteroatoms. The van der Waals surface area contributed by atoms with Crippen molar-refractivity contribution in [2.75, 3.05) is 74.0 Å². The molecule has 0 aromatic heterocycles. The fourth-order valence-electron chi connectivity index (χ4n) is 11.9. The zero-order valence-electron chi connectivity index (χ0n) is 62.1. The van der Waals surface area contributed by atoms with Crippen molar-refractivity contribution in [2.45, 2.75) is 254 Å². The molecule has 95 heavy (non-hydrogen) atoms. The van der Waals surface area contributed by atoms with Gasteiger partial charge >= 0.3 is 0 Å². The first-order valence-corrected chi connectivity index (χ1v) is 35.4. The Kier molecular flexibility index (Phi) is 37.6. The molecule has 1 aliphatic rings. The van der Waals surface area contributed by atoms with Gasteiger partial charge in [-0.3, -0.25) is 57.6 Å². The highest BCUT2D eigenvalue weighted by Gasteiger charge is 2.46. The summed E-state index contributed by atoms with van der Waals surface area (Å²) in [5.74, 6) is -9.22. The third-order valence-corrected chi connectivity index (χ3v) is 18.9. The Hall–Kier alpha value is -5.70. The van der Waals surface area contributed by atoms with Crippen LogP contribution in [0.15, 0.2) is 12.2 Å². The summed E-state index contributed by atoms with van der Waals surface area (Å²) in [5, 5.41) is 44.1. The van der Waals surface area contributed by atoms with E-state index in [0.717, 1.165) is 4.90 Å². The molecule has 10 amide bonds. The van der Waals surface area contributed by atoms with Crippen LogP contribution in [-0.2, 0) is 52.7 Å². The van der Waals surface area contributed by atoms with Crippen LogP contribution in [0, 0.1) is 35.5 Å². The van der Waals surface area contributed by atoms with Gasteiger partial charge in [-0.25, -0.2) is 0 Å². The molecule has 1 rings (SSSR count). The van der Waals surface area contributed by atoms with E-state index >= 15 is 24.0 Å². The van der Waals surface area contributed by atoms with Crippen LogP contribution in [0.3, 0.4) is 0 Å². The topological polar surface area (TPSA) is 319 Å². The van der Waals surface area contributed by atoms with Crippen LogP contribution in [0.4, 0.5) is 0 Å². The summed E-state index contributed by atoms with van der Waals surface area (Å²) in [6.45, 7) is 28.6. The lowest BCUT2D eigenvalue weighted by molar-refractivity contribution is -0.157. The van der Waals surface area contributed by atoms with Crippen molar-refractivity contribution in [3.8, 4) is 0 Å². The lowest BCUT2D eigenvalue weighted by atomic mass is 9.91. The average molecular weight is 1360 g/mol. The van der Waals surface area contributed by atoms with Crippen LogP contribution in [0.1, 0.15) is 175 Å². The van der Waals surface area contributed by atoms with Gasteiger partial charge in [0.1, 0.15) is 60.4 Å². The van der Waals surface area contributed by atoms with Crippen LogP contribution in [-0.4, -0.2) is 267 Å². The number of nitrogens with zero attached hydrogens (tertiary/aromatic N) is 7. The first kappa shape index (κ1) is 87.3. The number of aliphatic hydroxyl groups is 3. The number of ketones is 1. The van der Waals surface area contributed by atoms with Crippen molar-refractivity contribution in [1.82, 2.24) is 55.6 Å². The molecule has 1 saturated heterocycles. The molecular weight excluding hydrogens is 1240 g/mol. The predicted octanol–water partition coefficient (Wildman–Crippen LogP) is 3.69. The molecule has 0 unspecified atom stereocenters. The highest BCUT2D eigenvalue weighted by atomic mass is 32.2. The number of aliphatic hydroxyl groups excluding tert-OH is 2. The minimum absolute atomic E-state index is 0.00586. The quantitative estimate of drug-likeness (QED) is 0.0601. The Morgan fingerprint density at radius 2 is 1.01 bits per heavy atom. The second kappa shape index (κ2) is 40.9. The number of amides is 10. The summed E-state index contributed by atoms with van der Waals surface area (Å²) >= 11 is 1.39. The third-order valence-electron chi connectivity index (χ3n) is 17.8. The molecule has 0 radical (unpaired) electrons. The van der Waals surface area contributed by atoms with E-state index in [2.05, 4.69) is 21.3 Å². The minimum atomic E-state index is -1.65. The van der Waals surface area contributed by atoms with E-state index in [9.17, 15) is 44.1 Å². The number of nitrogens with one attached hydrogen (secondary N) is 4. The standard InChI is InChI=1S/C69H125N11O14S/c1-25-27-31-45(13)58(83)57-62(87)72-48(26-2)64(89)78(22)53(39-95-33-30-28-29-32-81)54(82)38-74(18)52(37-69(16,17)94)61(86)73-55(43(9)10)67(92)75(19)49(34-40(3)4)60(85)70-46(14)59(84)71-47(15)63(88)76(20)50(35-41(5)6)65(90)77(21)51(36-42(7)8)66(91)79(23)56(44(11)12)68(93)80(57)24/h25,27,40-53,55-58,81,83,94H,26,28-39H2,1-24H3,(H,70,85)(H,71,84)(H,72,87)(H,73,86)/b27-25+/t45-,46+,47-,48+,49+,50+,51+,52+,53-,55+,56+,57+,58-/m1/s1. The van der Waals surface area contributed by atoms with E-state index in [4.69, 9.17) is 0 Å². The van der Waals surface area contributed by atoms with E-state index in [1.165, 1.54) is 118 Å². The second-order valence-corrected chi connectivity index (χ2v) is 30.1. The zero-order valence-corrected chi connectivity index (χ0v) is 62.9. The molecule has 1 aliphatic heterocycles. The van der Waals surface area contributed by atoms with E-state index in [1.54, 1.807) is 60.6 Å². The number of carbonyl (C=O) groups excluding carboxylic acids is 11. The Morgan fingerprint density at radius 1 is 0.537 bits per heavy atom. The van der Waals surface area contributed by atoms with Crippen LogP contribution in [0.2, 0.25) is 0 Å². The van der Waals surface area contributed by atoms with Gasteiger partial charge in [0, 0.05) is 61.1 Å². The molecule has 0 aliphatic carbocycles. The first-order valence-electron chi connectivity index (χ1n) is 34.2. The van der Waals surface area contributed by atoms with Crippen molar-refractivity contribution in [2.24, 2.45) is 35.5 Å². The average Bonchev–Trinajstić information content (AvgIpc) is 0.814. The summed E-state index contributed by atoms with van der Waals surface area (Å²) < 4.78 is 0. The molecule has 0 spiro atoms. The van der Waals surface area contributed by atoms with Gasteiger partial charge in [0.2, 0.25) is 59.1 Å². The van der Waals surface area contributed by atoms with Crippen molar-refractivity contribution in [3.05, 3.63) is 12.2 Å². The molecule has 1 heterocycles. The van der Waals surface area contributed by atoms with Gasteiger partial charge < -0.3 is 66.0 Å². The molecule has 0 aromatic rings. The number of likely N-dealkylation sites (N-methyl/N-ethyl adjacent to an activating group) is 7. The van der Waals surface area contributed by atoms with Gasteiger partial charge in [0.15, 0.2) is 5.78 Å². The summed E-state index contributed by atoms with van der Waals surface area (Å²) in [6.07, 6.45) is 4.46. The van der Waals surface area contributed by atoms with Crippen LogP contribution in [0.5, 0.6) is 0 Å². The SMILES string of the molecule is C/C=C/C[C@@H](C)[C@@H](O)[C@H]1C(=O)N[C@@H](CC)C(=O)N(C)[C@H](CSCCCCCO)C(=O)CN(C)[C@@H](CC(C)(C)O)C(=O)N[C@@H](C(C)C)C(=O)N(C)[C@@H](CC(C)C)C(=O)N[C@@H](C)C(=O)N[C@H](C)C(=O)N(C)[C@@H](CC(C)C)C(=O)N(C)[C@@H](CC(C)C)C(=O)N(C)[C@@H](C(C)C)C(=O)N1C. The number of Topliss-reactive ketones (excluding diaryl/α,β-unsaturated/α-hetero) is 1. The van der Waals surface area contributed by atoms with Crippen molar-refractivity contribution in [3.63, 3.8) is 0 Å². The third kappa shape index (κ3) is 26.6. The van der Waals surface area contributed by atoms with Crippen LogP contribution < -0.4 is 21.3 Å². The lowest BCUT2D eigenvalue weighted by Crippen LogP contribution is -2.64. The predicted molar refractivity (Wildman–Crippen MR) is 372 cm³/mol. The van der Waals surface area contributed by atoms with Crippen molar-refractivity contribution >= 4 is 76.6 Å². The summed E-state index contributed by atoms with van der Waals surface area (Å²) in [7, 11) is 10.0. The Balaban J connectivity index is 4.50. The fourth-order valence-corrected chi connectivity index (χ4v) is 13.1. The molecule has 13 atom stereocenters. The summed E-state index contributed by atoms with van der Waals surface area (Å²) in [4.78, 5) is 172. The first-order chi connectivity index (χ1) is 43.9. The molecule has 7 N–H and O–H groups in total. The molecule has 546 valence electrons. The van der Waals surface area contributed by atoms with Gasteiger partial charge in [-0.05, 0) is 128 Å². The second-order valence-electron chi connectivity index (χ2n) is 29.0. The molecule has 0 bridgehead atoms. The van der Waals surface area contributed by atoms with Crippen molar-refractivity contribution < 1.29 is 68.1 Å². The number of allylic oxidation sites excluding steroid dienone is 2. The number of carbonyl (C=O) groups is 11. The van der Waals surface area contributed by atoms with E-state index in [0.29, 0.717) is 25.0 Å². The molecule has 1 fully saturated rings. The Labute approximate surface area is 573 Å². The van der Waals surface area contributed by atoms with Gasteiger partial charge in [-0.1, -0.05) is 102 Å². The summed E-state index contributed by atoms with van der Waals surface area (Å²) in [5.41, 5.74) is -1.50. The van der Waals surface area contributed by atoms with Gasteiger partial charge in [0.25, 0.3) is 0 Å². The number of hydrogen-bond donors (Lipinski definition) is 7. The minimum Gasteiger partial charge on any atom is -0.396 e. The highest BCUT2D eigenvalue weighted by molar-refractivity contribution is 7.99. The maximum Gasteiger partial charge on any atom is 0.246 e. The van der Waals surface area contributed by atoms with Gasteiger partial charge in [0.05, 0.1) is 24.3 Å². The number of hydrogen-bond acceptors (Lipinski definition) is 16.